The van der Waals surface area contributed by atoms with Gasteiger partial charge in [0.05, 0.1) is 6.20 Å². The Kier molecular flexibility index (Phi) is 7.87. The van der Waals surface area contributed by atoms with Gasteiger partial charge in [0.15, 0.2) is 11.5 Å². The number of aromatic nitrogens is 2. The topological polar surface area (TPSA) is 116 Å². The Bertz CT molecular complexity index is 1660. The predicted octanol–water partition coefficient (Wildman–Crippen LogP) is 5.21. The number of rotatable bonds is 8. The average Bonchev–Trinajstić information content (AvgIpc) is 3.91. The van der Waals surface area contributed by atoms with Crippen LogP contribution in [0.1, 0.15) is 70.9 Å². The monoisotopic (exact) mass is 589 g/mol. The van der Waals surface area contributed by atoms with Gasteiger partial charge in [-0.1, -0.05) is 42.5 Å². The number of hydrogen-bond donors (Lipinski definition) is 3. The van der Waals surface area contributed by atoms with E-state index in [1.807, 2.05) is 54.6 Å². The molecule has 2 amide bonds. The third-order valence-electron chi connectivity index (χ3n) is 9.32. The Morgan fingerprint density at radius 1 is 0.864 bits per heavy atom. The molecule has 1 atom stereocenters. The number of piperidine rings is 2. The SMILES string of the molecule is NC(=O)c1ncc(N2CCCC(NC(=O)c3ccc4ccccc4c3)C2)nc1Nc1ccc(C2CCN(C3CC3)CC2)cc1. The number of benzene rings is 3. The summed E-state index contributed by atoms with van der Waals surface area (Å²) in [5.74, 6) is 0.836. The van der Waals surface area contributed by atoms with Crippen LogP contribution in [-0.2, 0) is 0 Å². The first-order valence-corrected chi connectivity index (χ1v) is 15.8. The number of nitrogens with zero attached hydrogens (tertiary/aromatic N) is 4. The summed E-state index contributed by atoms with van der Waals surface area (Å²) in [6, 6.07) is 23.0. The van der Waals surface area contributed by atoms with Crippen molar-refractivity contribution >= 4 is 39.9 Å². The second kappa shape index (κ2) is 12.2. The van der Waals surface area contributed by atoms with Gasteiger partial charge >= 0.3 is 0 Å². The zero-order valence-electron chi connectivity index (χ0n) is 24.9. The van der Waals surface area contributed by atoms with Crippen molar-refractivity contribution in [2.24, 2.45) is 5.73 Å². The molecule has 3 heterocycles. The smallest absolute Gasteiger partial charge is 0.271 e. The maximum atomic E-state index is 13.1. The van der Waals surface area contributed by atoms with Crippen LogP contribution in [0, 0.1) is 0 Å². The highest BCUT2D eigenvalue weighted by Gasteiger charge is 2.32. The Balaban J connectivity index is 1.02. The van der Waals surface area contributed by atoms with Gasteiger partial charge in [-0.3, -0.25) is 9.59 Å². The number of likely N-dealkylation sites (tertiary alicyclic amines) is 1. The molecule has 1 aromatic heterocycles. The highest BCUT2D eigenvalue weighted by molar-refractivity contribution is 5.99. The second-order valence-electron chi connectivity index (χ2n) is 12.4. The molecule has 1 aliphatic carbocycles. The largest absolute Gasteiger partial charge is 0.364 e. The number of nitrogens with two attached hydrogens (primary N) is 1. The lowest BCUT2D eigenvalue weighted by molar-refractivity contribution is 0.0932. The van der Waals surface area contributed by atoms with Gasteiger partial charge in [-0.25, -0.2) is 9.97 Å². The number of amides is 2. The van der Waals surface area contributed by atoms with Crippen LogP contribution >= 0.6 is 0 Å². The first-order chi connectivity index (χ1) is 21.5. The minimum atomic E-state index is -0.634. The summed E-state index contributed by atoms with van der Waals surface area (Å²) in [6.45, 7) is 3.74. The molecule has 7 rings (SSSR count). The van der Waals surface area contributed by atoms with E-state index in [0.29, 0.717) is 29.7 Å². The molecule has 2 aliphatic heterocycles. The van der Waals surface area contributed by atoms with Gasteiger partial charge < -0.3 is 26.2 Å². The summed E-state index contributed by atoms with van der Waals surface area (Å²) in [5, 5.41) is 8.65. The lowest BCUT2D eigenvalue weighted by atomic mass is 9.89. The zero-order chi connectivity index (χ0) is 30.0. The van der Waals surface area contributed by atoms with Gasteiger partial charge in [-0.2, -0.15) is 0 Å². The highest BCUT2D eigenvalue weighted by Crippen LogP contribution is 2.35. The first-order valence-electron chi connectivity index (χ1n) is 15.8. The predicted molar refractivity (Wildman–Crippen MR) is 173 cm³/mol. The van der Waals surface area contributed by atoms with Crippen molar-refractivity contribution in [1.29, 1.82) is 0 Å². The molecule has 3 aromatic carbocycles. The molecule has 0 spiro atoms. The van der Waals surface area contributed by atoms with Crippen LogP contribution in [0.3, 0.4) is 0 Å². The van der Waals surface area contributed by atoms with Crippen molar-refractivity contribution in [2.45, 2.75) is 56.5 Å². The first kappa shape index (κ1) is 28.3. The van der Waals surface area contributed by atoms with Crippen LogP contribution in [0.15, 0.2) is 72.9 Å². The second-order valence-corrected chi connectivity index (χ2v) is 12.4. The number of fused-ring (bicyclic) bond motifs is 1. The van der Waals surface area contributed by atoms with Crippen LogP contribution in [-0.4, -0.2) is 64.9 Å². The van der Waals surface area contributed by atoms with Crippen molar-refractivity contribution in [1.82, 2.24) is 20.2 Å². The highest BCUT2D eigenvalue weighted by atomic mass is 16.2. The quantitative estimate of drug-likeness (QED) is 0.258. The molecule has 2 saturated heterocycles. The van der Waals surface area contributed by atoms with Crippen LogP contribution in [0.25, 0.3) is 10.8 Å². The van der Waals surface area contributed by atoms with Gasteiger partial charge in [0.25, 0.3) is 11.8 Å². The van der Waals surface area contributed by atoms with Crippen molar-refractivity contribution in [3.05, 3.63) is 89.7 Å². The van der Waals surface area contributed by atoms with E-state index < -0.39 is 5.91 Å². The van der Waals surface area contributed by atoms with Gasteiger partial charge in [-0.05, 0) is 98.1 Å². The molecule has 226 valence electrons. The lowest BCUT2D eigenvalue weighted by Gasteiger charge is -2.34. The summed E-state index contributed by atoms with van der Waals surface area (Å²) in [7, 11) is 0. The van der Waals surface area contributed by atoms with E-state index in [1.165, 1.54) is 44.3 Å². The fraction of sp³-hybridized carbons (Fsp3) is 0.371. The zero-order valence-corrected chi connectivity index (χ0v) is 24.9. The van der Waals surface area contributed by atoms with E-state index in [1.54, 1.807) is 6.20 Å². The molecule has 0 bridgehead atoms. The molecule has 9 nitrogen and oxygen atoms in total. The molecule has 4 aromatic rings. The molecule has 3 fully saturated rings. The third kappa shape index (κ3) is 6.24. The third-order valence-corrected chi connectivity index (χ3v) is 9.32. The van der Waals surface area contributed by atoms with Crippen LogP contribution in [0.5, 0.6) is 0 Å². The van der Waals surface area contributed by atoms with E-state index in [4.69, 9.17) is 10.7 Å². The van der Waals surface area contributed by atoms with Crippen LogP contribution in [0.4, 0.5) is 17.3 Å². The van der Waals surface area contributed by atoms with Gasteiger partial charge in [-0.15, -0.1) is 0 Å². The summed E-state index contributed by atoms with van der Waals surface area (Å²) in [5.41, 5.74) is 8.61. The van der Waals surface area contributed by atoms with Crippen molar-refractivity contribution < 1.29 is 9.59 Å². The average molecular weight is 590 g/mol. The maximum absolute atomic E-state index is 13.1. The van der Waals surface area contributed by atoms with Crippen molar-refractivity contribution in [3.63, 3.8) is 0 Å². The summed E-state index contributed by atoms with van der Waals surface area (Å²) in [6.07, 6.45) is 8.48. The maximum Gasteiger partial charge on any atom is 0.271 e. The van der Waals surface area contributed by atoms with Crippen LogP contribution in [0.2, 0.25) is 0 Å². The minimum absolute atomic E-state index is 0.0413. The summed E-state index contributed by atoms with van der Waals surface area (Å²) < 4.78 is 0. The normalized spacial score (nSPS) is 19.5. The van der Waals surface area contributed by atoms with Crippen LogP contribution < -0.4 is 21.3 Å². The molecule has 44 heavy (non-hydrogen) atoms. The summed E-state index contributed by atoms with van der Waals surface area (Å²) in [4.78, 5) is 39.3. The number of nitrogens with one attached hydrogen (secondary N) is 2. The number of carbonyl (C=O) groups is 2. The van der Waals surface area contributed by atoms with E-state index in [-0.39, 0.29) is 17.6 Å². The number of carbonyl (C=O) groups excluding carboxylic acids is 2. The van der Waals surface area contributed by atoms with E-state index in [9.17, 15) is 9.59 Å². The standard InChI is InChI=1S/C35H39N7O2/c36-33(43)32-34(38-28-11-9-24(10-12-28)25-15-18-41(19-16-25)30-13-14-30)40-31(21-37-32)42-17-3-6-29(22-42)39-35(44)27-8-7-23-4-1-2-5-26(23)20-27/h1-2,4-5,7-12,20-21,25,29-30H,3,6,13-19,22H2,(H2,36,43)(H,38,40)(H,39,44). The van der Waals surface area contributed by atoms with E-state index in [2.05, 4.69) is 37.6 Å². The van der Waals surface area contributed by atoms with E-state index >= 15 is 0 Å². The fourth-order valence-corrected chi connectivity index (χ4v) is 6.71. The molecular formula is C35H39N7O2. The number of anilines is 3. The minimum Gasteiger partial charge on any atom is -0.364 e. The molecule has 9 heteroatoms. The molecule has 1 saturated carbocycles. The molecule has 0 radical (unpaired) electrons. The van der Waals surface area contributed by atoms with Gasteiger partial charge in [0.2, 0.25) is 0 Å². The molecule has 3 aliphatic rings. The molecular weight excluding hydrogens is 550 g/mol. The number of hydrogen-bond acceptors (Lipinski definition) is 7. The van der Waals surface area contributed by atoms with E-state index in [0.717, 1.165) is 41.9 Å². The summed E-state index contributed by atoms with van der Waals surface area (Å²) >= 11 is 0. The Morgan fingerprint density at radius 2 is 1.64 bits per heavy atom. The lowest BCUT2D eigenvalue weighted by Crippen LogP contribution is -2.48. The fourth-order valence-electron chi connectivity index (χ4n) is 6.71. The van der Waals surface area contributed by atoms with Gasteiger partial charge in [0, 0.05) is 36.4 Å². The number of primary amides is 1. The van der Waals surface area contributed by atoms with Gasteiger partial charge in [0.1, 0.15) is 5.82 Å². The molecule has 1 unspecified atom stereocenters. The Labute approximate surface area is 257 Å². The molecule has 4 N–H and O–H groups in total. The van der Waals surface area contributed by atoms with Crippen molar-refractivity contribution in [3.8, 4) is 0 Å². The Hall–Kier alpha value is -4.50. The van der Waals surface area contributed by atoms with Crippen molar-refractivity contribution in [2.75, 3.05) is 36.4 Å². The Morgan fingerprint density at radius 3 is 2.39 bits per heavy atom.